The van der Waals surface area contributed by atoms with E-state index in [4.69, 9.17) is 21.1 Å². The Bertz CT molecular complexity index is 919. The molecule has 0 bridgehead atoms. The molecule has 5 heteroatoms. The second-order valence-corrected chi connectivity index (χ2v) is 5.72. The van der Waals surface area contributed by atoms with Crippen LogP contribution in [0.2, 0.25) is 5.02 Å². The van der Waals surface area contributed by atoms with Crippen molar-refractivity contribution in [3.05, 3.63) is 53.2 Å². The maximum atomic E-state index is 11.8. The lowest BCUT2D eigenvalue weighted by Crippen LogP contribution is -2.03. The van der Waals surface area contributed by atoms with Gasteiger partial charge in [0.2, 0.25) is 0 Å². The molecule has 0 unspecified atom stereocenters. The van der Waals surface area contributed by atoms with Crippen LogP contribution in [0.4, 0.5) is 0 Å². The Labute approximate surface area is 151 Å². The number of rotatable bonds is 6. The zero-order valence-electron chi connectivity index (χ0n) is 14.1. The number of hydrogen-bond acceptors (Lipinski definition) is 4. The normalized spacial score (nSPS) is 10.7. The van der Waals surface area contributed by atoms with E-state index in [0.717, 1.165) is 17.1 Å². The Morgan fingerprint density at radius 3 is 2.60 bits per heavy atom. The number of ether oxygens (including phenoxy) is 2. The zero-order valence-corrected chi connectivity index (χ0v) is 14.8. The summed E-state index contributed by atoms with van der Waals surface area (Å²) < 4.78 is 11.3. The van der Waals surface area contributed by atoms with Gasteiger partial charge in [-0.1, -0.05) is 35.9 Å². The number of nitrogens with zero attached hydrogens (tertiary/aromatic N) is 1. The average Bonchev–Trinajstić information content (AvgIpc) is 2.64. The van der Waals surface area contributed by atoms with Crippen LogP contribution in [0.3, 0.4) is 0 Å². The third kappa shape index (κ3) is 3.17. The molecule has 0 aliphatic rings. The van der Waals surface area contributed by atoms with Crippen LogP contribution in [0.5, 0.6) is 11.5 Å². The third-order valence-corrected chi connectivity index (χ3v) is 4.20. The maximum Gasteiger partial charge on any atom is 0.151 e. The molecule has 128 valence electrons. The van der Waals surface area contributed by atoms with Gasteiger partial charge in [-0.3, -0.25) is 9.78 Å². The van der Waals surface area contributed by atoms with Gasteiger partial charge in [0.05, 0.1) is 24.5 Å². The van der Waals surface area contributed by atoms with Crippen LogP contribution in [0.15, 0.2) is 42.6 Å². The monoisotopic (exact) mass is 355 g/mol. The van der Waals surface area contributed by atoms with E-state index in [-0.39, 0.29) is 0 Å². The van der Waals surface area contributed by atoms with Gasteiger partial charge in [0.1, 0.15) is 10.8 Å². The van der Waals surface area contributed by atoms with Crippen molar-refractivity contribution in [3.63, 3.8) is 0 Å². The lowest BCUT2D eigenvalue weighted by atomic mass is 9.98. The van der Waals surface area contributed by atoms with Crippen LogP contribution < -0.4 is 9.47 Å². The maximum absolute atomic E-state index is 11.8. The van der Waals surface area contributed by atoms with Crippen LogP contribution >= 0.6 is 11.6 Å². The number of pyridine rings is 1. The molecule has 3 rings (SSSR count). The highest BCUT2D eigenvalue weighted by atomic mass is 35.5. The van der Waals surface area contributed by atoms with Crippen molar-refractivity contribution in [1.29, 1.82) is 0 Å². The van der Waals surface area contributed by atoms with Crippen molar-refractivity contribution in [2.75, 3.05) is 13.2 Å². The Kier molecular flexibility index (Phi) is 5.19. The number of halogens is 1. The second-order valence-electron chi connectivity index (χ2n) is 5.35. The molecule has 3 aromatic rings. The second kappa shape index (κ2) is 7.53. The van der Waals surface area contributed by atoms with Gasteiger partial charge in [-0.2, -0.15) is 0 Å². The van der Waals surface area contributed by atoms with Crippen LogP contribution in [0.25, 0.3) is 22.0 Å². The molecule has 0 amide bonds. The Morgan fingerprint density at radius 2 is 1.88 bits per heavy atom. The van der Waals surface area contributed by atoms with Crippen LogP contribution in [-0.2, 0) is 0 Å². The van der Waals surface area contributed by atoms with E-state index >= 15 is 0 Å². The summed E-state index contributed by atoms with van der Waals surface area (Å²) in [6.07, 6.45) is 2.49. The molecule has 0 aliphatic heterocycles. The van der Waals surface area contributed by atoms with Crippen molar-refractivity contribution < 1.29 is 14.3 Å². The summed E-state index contributed by atoms with van der Waals surface area (Å²) in [6, 6.07) is 11.4. The fraction of sp³-hybridized carbons (Fsp3) is 0.200. The quantitative estimate of drug-likeness (QED) is 0.573. The minimum absolute atomic E-state index is 0.346. The Hall–Kier alpha value is -2.59. The summed E-state index contributed by atoms with van der Waals surface area (Å²) in [7, 11) is 0. The summed E-state index contributed by atoms with van der Waals surface area (Å²) in [6.45, 7) is 4.57. The van der Waals surface area contributed by atoms with Crippen molar-refractivity contribution in [1.82, 2.24) is 4.98 Å². The number of benzene rings is 2. The summed E-state index contributed by atoms with van der Waals surface area (Å²) in [5.41, 5.74) is 1.68. The van der Waals surface area contributed by atoms with Gasteiger partial charge in [0.15, 0.2) is 12.0 Å². The van der Waals surface area contributed by atoms with Gasteiger partial charge in [-0.15, -0.1) is 0 Å². The van der Waals surface area contributed by atoms with Crippen molar-refractivity contribution >= 4 is 28.7 Å². The fourth-order valence-corrected chi connectivity index (χ4v) is 3.08. The number of fused-ring (bicyclic) bond motifs is 1. The molecule has 1 aromatic heterocycles. The first kappa shape index (κ1) is 17.2. The van der Waals surface area contributed by atoms with Crippen LogP contribution in [0.1, 0.15) is 24.2 Å². The van der Waals surface area contributed by atoms with Crippen molar-refractivity contribution in [2.45, 2.75) is 13.8 Å². The van der Waals surface area contributed by atoms with Gasteiger partial charge < -0.3 is 9.47 Å². The van der Waals surface area contributed by atoms with E-state index in [0.29, 0.717) is 46.6 Å². The highest BCUT2D eigenvalue weighted by Crippen LogP contribution is 2.45. The molecule has 25 heavy (non-hydrogen) atoms. The predicted molar refractivity (Wildman–Crippen MR) is 99.9 cm³/mol. The van der Waals surface area contributed by atoms with E-state index in [2.05, 4.69) is 4.98 Å². The number of carbonyl (C=O) groups excluding carboxylic acids is 1. The molecule has 0 aliphatic carbocycles. The predicted octanol–water partition coefficient (Wildman–Crippen LogP) is 5.17. The molecule has 2 aromatic carbocycles. The van der Waals surface area contributed by atoms with Crippen LogP contribution in [0, 0.1) is 0 Å². The van der Waals surface area contributed by atoms with Crippen LogP contribution in [-0.4, -0.2) is 24.5 Å². The first-order chi connectivity index (χ1) is 12.2. The molecule has 4 nitrogen and oxygen atoms in total. The molecule has 0 saturated heterocycles. The first-order valence-corrected chi connectivity index (χ1v) is 8.50. The van der Waals surface area contributed by atoms with E-state index in [1.54, 1.807) is 12.3 Å². The smallest absolute Gasteiger partial charge is 0.151 e. The molecule has 0 N–H and O–H groups in total. The number of hydrogen-bond donors (Lipinski definition) is 0. The Balaban J connectivity index is 2.37. The van der Waals surface area contributed by atoms with Gasteiger partial charge in [-0.05, 0) is 31.4 Å². The van der Waals surface area contributed by atoms with Crippen molar-refractivity contribution in [2.24, 2.45) is 0 Å². The summed E-state index contributed by atoms with van der Waals surface area (Å²) in [5.74, 6) is 0.847. The molecule has 0 saturated carbocycles. The molecular formula is C20H18ClNO3. The highest BCUT2D eigenvalue weighted by Gasteiger charge is 2.22. The summed E-state index contributed by atoms with van der Waals surface area (Å²) >= 11 is 6.51. The van der Waals surface area contributed by atoms with E-state index in [1.165, 1.54) is 0 Å². The molecular weight excluding hydrogens is 338 g/mol. The van der Waals surface area contributed by atoms with E-state index in [1.807, 2.05) is 44.2 Å². The van der Waals surface area contributed by atoms with Gasteiger partial charge in [-0.25, -0.2) is 0 Å². The first-order valence-electron chi connectivity index (χ1n) is 8.12. The number of aromatic nitrogens is 1. The molecule has 0 atom stereocenters. The lowest BCUT2D eigenvalue weighted by Gasteiger charge is -2.18. The number of carbonyl (C=O) groups is 1. The van der Waals surface area contributed by atoms with E-state index in [9.17, 15) is 4.79 Å². The minimum atomic E-state index is 0.346. The average molecular weight is 356 g/mol. The molecule has 1 heterocycles. The Morgan fingerprint density at radius 1 is 1.12 bits per heavy atom. The lowest BCUT2D eigenvalue weighted by molar-refractivity contribution is 0.112. The van der Waals surface area contributed by atoms with Crippen molar-refractivity contribution in [3.8, 4) is 22.8 Å². The number of aldehydes is 1. The third-order valence-electron chi connectivity index (χ3n) is 3.84. The van der Waals surface area contributed by atoms with Gasteiger partial charge in [0.25, 0.3) is 0 Å². The van der Waals surface area contributed by atoms with E-state index < -0.39 is 0 Å². The van der Waals surface area contributed by atoms with Gasteiger partial charge >= 0.3 is 0 Å². The molecule has 0 spiro atoms. The minimum Gasteiger partial charge on any atom is -0.492 e. The fourth-order valence-electron chi connectivity index (χ4n) is 2.83. The molecule has 0 fully saturated rings. The summed E-state index contributed by atoms with van der Waals surface area (Å²) in [5, 5.41) is 2.30. The topological polar surface area (TPSA) is 48.4 Å². The summed E-state index contributed by atoms with van der Waals surface area (Å²) in [4.78, 5) is 16.3. The van der Waals surface area contributed by atoms with Gasteiger partial charge in [0, 0.05) is 17.1 Å². The zero-order chi connectivity index (χ0) is 17.8. The SMILES string of the molecule is CCOc1cc(C=O)c(-c2nccc3ccccc23)c(OCC)c1Cl. The highest BCUT2D eigenvalue weighted by molar-refractivity contribution is 6.34. The standard InChI is InChI=1S/C20H18ClNO3/c1-3-24-16-11-14(12-23)17(20(18(16)21)25-4-2)19-15-8-6-5-7-13(15)9-10-22-19/h5-12H,3-4H2,1-2H3. The largest absolute Gasteiger partial charge is 0.492 e. The molecule has 0 radical (unpaired) electrons.